The highest BCUT2D eigenvalue weighted by Crippen LogP contribution is 2.38. The van der Waals surface area contributed by atoms with Crippen molar-refractivity contribution in [3.8, 4) is 0 Å². The highest BCUT2D eigenvalue weighted by atomic mass is 28.4. The molecule has 1 aliphatic heterocycles. The zero-order chi connectivity index (χ0) is 44.3. The number of fused-ring (bicyclic) bond motifs is 1. The summed E-state index contributed by atoms with van der Waals surface area (Å²) in [6.45, 7) is 17.5. The zero-order valence-corrected chi connectivity index (χ0v) is 39.8. The number of ether oxygens (including phenoxy) is 3. The summed E-state index contributed by atoms with van der Waals surface area (Å²) >= 11 is 0. The molecule has 338 valence electrons. The van der Waals surface area contributed by atoms with Crippen molar-refractivity contribution < 1.29 is 38.1 Å². The highest BCUT2D eigenvalue weighted by Gasteiger charge is 2.45. The number of aliphatic hydroxyl groups excluding tert-OH is 1. The quantitative estimate of drug-likeness (QED) is 0.0415. The number of allylic oxidation sites excluding steroid dienone is 1. The van der Waals surface area contributed by atoms with Crippen LogP contribution in [0.25, 0.3) is 10.8 Å². The molecule has 3 rings (SSSR count). The fourth-order valence-corrected chi connectivity index (χ4v) is 8.68. The lowest BCUT2D eigenvalue weighted by molar-refractivity contribution is -0.158. The van der Waals surface area contributed by atoms with Crippen molar-refractivity contribution in [2.45, 2.75) is 193 Å². The summed E-state index contributed by atoms with van der Waals surface area (Å²) in [7, 11) is 0.590. The highest BCUT2D eigenvalue weighted by molar-refractivity contribution is 6.74. The van der Waals surface area contributed by atoms with E-state index >= 15 is 0 Å². The molecule has 0 bridgehead atoms. The van der Waals surface area contributed by atoms with Crippen LogP contribution in [0.3, 0.4) is 0 Å². The van der Waals surface area contributed by atoms with Gasteiger partial charge in [0.05, 0.1) is 19.3 Å². The number of carbonyl (C=O) groups excluding carboxylic acids is 3. The van der Waals surface area contributed by atoms with Crippen LogP contribution in [0.15, 0.2) is 54.6 Å². The lowest BCUT2D eigenvalue weighted by Crippen LogP contribution is -2.57. The number of likely N-dealkylation sites (N-methyl/N-ethyl adjacent to an activating group) is 1. The topological polar surface area (TPSA) is 124 Å². The molecule has 0 aliphatic carbocycles. The van der Waals surface area contributed by atoms with Gasteiger partial charge in [0.2, 0.25) is 5.91 Å². The van der Waals surface area contributed by atoms with Crippen molar-refractivity contribution >= 4 is 36.9 Å². The van der Waals surface area contributed by atoms with Gasteiger partial charge in [-0.1, -0.05) is 154 Å². The van der Waals surface area contributed by atoms with Crippen molar-refractivity contribution in [1.82, 2.24) is 10.2 Å². The standard InChI is InChI=1S/C49H80N2O8Si/c1-11-12-13-14-15-16-17-18-19-20-21-26-43(52)58-40-30-31-41(48(55)51(7)34-40)50-47(54)46(56-8)44(53)45(42(32-27-36(2)3)59-60(9,10)49(4,5)6)57-35-37-28-29-38-24-22-23-25-39(38)33-37/h22-25,27-29,32-33,36,40-42,44-46,53H,11-21,26,30-31,34-35H2,1-10H3,(H,50,54)/b32-27+/t40-,41-,42+,44-,45-,46+/m0/s1. The number of unbranched alkanes of at least 4 members (excludes halogenated alkanes) is 10. The Morgan fingerprint density at radius 2 is 1.53 bits per heavy atom. The first kappa shape index (κ1) is 51.3. The Labute approximate surface area is 363 Å². The molecule has 2 amide bonds. The molecule has 0 aromatic heterocycles. The lowest BCUT2D eigenvalue weighted by atomic mass is 9.99. The van der Waals surface area contributed by atoms with Crippen LogP contribution in [0.1, 0.15) is 137 Å². The van der Waals surface area contributed by atoms with Crippen LogP contribution >= 0.6 is 0 Å². The van der Waals surface area contributed by atoms with E-state index in [0.29, 0.717) is 12.8 Å². The van der Waals surface area contributed by atoms with E-state index in [9.17, 15) is 19.5 Å². The van der Waals surface area contributed by atoms with Crippen molar-refractivity contribution in [2.24, 2.45) is 5.92 Å². The van der Waals surface area contributed by atoms with Crippen molar-refractivity contribution in [3.05, 3.63) is 60.2 Å². The van der Waals surface area contributed by atoms with Gasteiger partial charge in [0.15, 0.2) is 14.4 Å². The molecule has 1 fully saturated rings. The number of amides is 2. The van der Waals surface area contributed by atoms with Crippen LogP contribution in [0.2, 0.25) is 18.1 Å². The van der Waals surface area contributed by atoms with Crippen molar-refractivity contribution in [2.75, 3.05) is 20.7 Å². The number of rotatable bonds is 26. The maximum atomic E-state index is 14.1. The first-order valence-corrected chi connectivity index (χ1v) is 25.8. The van der Waals surface area contributed by atoms with Crippen LogP contribution < -0.4 is 5.32 Å². The summed E-state index contributed by atoms with van der Waals surface area (Å²) in [6.07, 6.45) is 13.2. The van der Waals surface area contributed by atoms with Gasteiger partial charge in [0, 0.05) is 20.6 Å². The van der Waals surface area contributed by atoms with E-state index in [1.54, 1.807) is 7.05 Å². The molecule has 2 aromatic rings. The van der Waals surface area contributed by atoms with E-state index in [2.05, 4.69) is 72.1 Å². The fraction of sp³-hybridized carbons (Fsp3) is 0.694. The monoisotopic (exact) mass is 853 g/mol. The predicted octanol–water partition coefficient (Wildman–Crippen LogP) is 10.1. The largest absolute Gasteiger partial charge is 0.460 e. The second kappa shape index (κ2) is 25.7. The van der Waals surface area contributed by atoms with Gasteiger partial charge in [0.25, 0.3) is 5.91 Å². The SMILES string of the molecule is CCCCCCCCCCCCCC(=O)O[C@H]1CC[C@H](NC(=O)[C@H](OC)[C@@H](O)[C@@H](OCc2ccc3ccccc3c2)[C@@H](/C=C/C(C)C)O[Si](C)(C)C(C)(C)C)C(=O)N(C)C1. The first-order chi connectivity index (χ1) is 28.5. The van der Waals surface area contributed by atoms with E-state index < -0.39 is 50.8 Å². The van der Waals surface area contributed by atoms with Crippen LogP contribution in [0.5, 0.6) is 0 Å². The predicted molar refractivity (Wildman–Crippen MR) is 245 cm³/mol. The van der Waals surface area contributed by atoms with Gasteiger partial charge in [-0.05, 0) is 65.7 Å². The number of esters is 1. The number of nitrogens with zero attached hydrogens (tertiary/aromatic N) is 1. The summed E-state index contributed by atoms with van der Waals surface area (Å²) in [6, 6.07) is 13.3. The van der Waals surface area contributed by atoms with Gasteiger partial charge >= 0.3 is 5.97 Å². The second-order valence-corrected chi connectivity index (χ2v) is 23.6. The summed E-state index contributed by atoms with van der Waals surface area (Å²) in [5.74, 6) is -0.986. The maximum absolute atomic E-state index is 14.1. The van der Waals surface area contributed by atoms with Crippen molar-refractivity contribution in [1.29, 1.82) is 0 Å². The normalized spacial score (nSPS) is 18.7. The molecule has 0 saturated carbocycles. The molecule has 6 atom stereocenters. The third-order valence-corrected chi connectivity index (χ3v) is 16.7. The van der Waals surface area contributed by atoms with Gasteiger partial charge in [-0.15, -0.1) is 0 Å². The molecular weight excluding hydrogens is 773 g/mol. The lowest BCUT2D eigenvalue weighted by Gasteiger charge is -2.42. The van der Waals surface area contributed by atoms with E-state index in [4.69, 9.17) is 18.6 Å². The molecule has 10 nitrogen and oxygen atoms in total. The number of likely N-dealkylation sites (tertiary alicyclic amines) is 1. The molecule has 60 heavy (non-hydrogen) atoms. The van der Waals surface area contributed by atoms with Gasteiger partial charge in [-0.3, -0.25) is 14.4 Å². The van der Waals surface area contributed by atoms with Crippen LogP contribution in [0.4, 0.5) is 0 Å². The van der Waals surface area contributed by atoms with Crippen LogP contribution in [-0.4, -0.2) is 93.4 Å². The van der Waals surface area contributed by atoms with Gasteiger partial charge in [-0.25, -0.2) is 0 Å². The second-order valence-electron chi connectivity index (χ2n) is 18.8. The molecule has 1 saturated heterocycles. The zero-order valence-electron chi connectivity index (χ0n) is 38.8. The number of benzene rings is 2. The summed E-state index contributed by atoms with van der Waals surface area (Å²) < 4.78 is 25.1. The Morgan fingerprint density at radius 1 is 0.917 bits per heavy atom. The Hall–Kier alpha value is -3.09. The number of nitrogens with one attached hydrogen (secondary N) is 1. The number of hydrogen-bond acceptors (Lipinski definition) is 8. The summed E-state index contributed by atoms with van der Waals surface area (Å²) in [5, 5.41) is 17.1. The minimum atomic E-state index is -2.43. The van der Waals surface area contributed by atoms with Crippen LogP contribution in [0, 0.1) is 5.92 Å². The smallest absolute Gasteiger partial charge is 0.306 e. The third kappa shape index (κ3) is 17.0. The molecule has 2 aromatic carbocycles. The molecule has 0 spiro atoms. The number of carbonyl (C=O) groups is 3. The van der Waals surface area contributed by atoms with E-state index in [0.717, 1.165) is 35.6 Å². The van der Waals surface area contributed by atoms with Gasteiger partial charge < -0.3 is 34.0 Å². The van der Waals surface area contributed by atoms with E-state index in [1.165, 1.54) is 63.4 Å². The van der Waals surface area contributed by atoms with Gasteiger partial charge in [0.1, 0.15) is 24.4 Å². The fourth-order valence-electron chi connectivity index (χ4n) is 7.44. The summed E-state index contributed by atoms with van der Waals surface area (Å²) in [4.78, 5) is 42.0. The third-order valence-electron chi connectivity index (χ3n) is 12.2. The van der Waals surface area contributed by atoms with Gasteiger partial charge in [-0.2, -0.15) is 0 Å². The number of hydrogen-bond donors (Lipinski definition) is 2. The van der Waals surface area contributed by atoms with E-state index in [1.807, 2.05) is 42.5 Å². The molecule has 1 aliphatic rings. The average molecular weight is 853 g/mol. The average Bonchev–Trinajstić information content (AvgIpc) is 3.31. The summed E-state index contributed by atoms with van der Waals surface area (Å²) in [5.41, 5.74) is 0.907. The Morgan fingerprint density at radius 3 is 2.13 bits per heavy atom. The molecule has 0 radical (unpaired) electrons. The van der Waals surface area contributed by atoms with Crippen LogP contribution in [-0.2, 0) is 39.6 Å². The molecule has 0 unspecified atom stereocenters. The minimum absolute atomic E-state index is 0.145. The Bertz CT molecular complexity index is 1620. The molecule has 1 heterocycles. The Balaban J connectivity index is 1.69. The van der Waals surface area contributed by atoms with E-state index in [-0.39, 0.29) is 42.4 Å². The molecule has 11 heteroatoms. The molecular formula is C49H80N2O8Si. The van der Waals surface area contributed by atoms with Crippen molar-refractivity contribution in [3.63, 3.8) is 0 Å². The number of methoxy groups -OCH3 is 1. The maximum Gasteiger partial charge on any atom is 0.306 e. The minimum Gasteiger partial charge on any atom is -0.460 e. The Kier molecular flexibility index (Phi) is 22.0. The molecule has 2 N–H and O–H groups in total. The first-order valence-electron chi connectivity index (χ1n) is 22.9. The number of aliphatic hydroxyl groups is 1.